The average molecular weight is 624 g/mol. The van der Waals surface area contributed by atoms with Crippen LogP contribution in [0.4, 0.5) is 10.1 Å². The number of aromatic nitrogens is 4. The molecule has 5 heterocycles. The predicted octanol–water partition coefficient (Wildman–Crippen LogP) is 6.04. The van der Waals surface area contributed by atoms with Crippen molar-refractivity contribution in [1.29, 1.82) is 0 Å². The standard InChI is InChI=1S/C33H26FN5O5S/c1-5-28(40)31-21-14-20(23-9-10-24-32(36-23)27-15-19-22(34)7-6-8-25(19)39(27)17-35-24)26(37(3)45(4,42)43)16-29(21)44-33(31)38-12-11-18(2)13-30(38)41/h6-17H,5H2,1-4H3. The molecule has 226 valence electrons. The summed E-state index contributed by atoms with van der Waals surface area (Å²) in [5.74, 6) is -0.587. The summed E-state index contributed by atoms with van der Waals surface area (Å²) in [6, 6.07) is 16.3. The molecule has 12 heteroatoms. The molecule has 0 spiro atoms. The average Bonchev–Trinajstić information content (AvgIpc) is 3.58. The normalized spacial score (nSPS) is 12.1. The van der Waals surface area contributed by atoms with Gasteiger partial charge in [-0.3, -0.25) is 22.9 Å². The number of carbonyl (C=O) groups excluding carboxylic acids is 1. The van der Waals surface area contributed by atoms with Crippen LogP contribution in [-0.4, -0.2) is 46.4 Å². The fraction of sp³-hybridized carbons (Fsp3) is 0.152. The van der Waals surface area contributed by atoms with Gasteiger partial charge >= 0.3 is 0 Å². The summed E-state index contributed by atoms with van der Waals surface area (Å²) in [6.45, 7) is 3.50. The Hall–Kier alpha value is -5.36. The molecular formula is C33H26FN5O5S. The number of rotatable bonds is 6. The first-order chi connectivity index (χ1) is 21.5. The molecule has 7 aromatic rings. The van der Waals surface area contributed by atoms with Crippen molar-refractivity contribution in [2.45, 2.75) is 20.3 Å². The lowest BCUT2D eigenvalue weighted by atomic mass is 10.0. The molecule has 2 aromatic carbocycles. The Balaban J connectivity index is 1.56. The van der Waals surface area contributed by atoms with Gasteiger partial charge in [0.15, 0.2) is 5.78 Å². The first kappa shape index (κ1) is 28.4. The van der Waals surface area contributed by atoms with Gasteiger partial charge < -0.3 is 4.42 Å². The maximum absolute atomic E-state index is 14.7. The van der Waals surface area contributed by atoms with E-state index in [4.69, 9.17) is 9.40 Å². The van der Waals surface area contributed by atoms with E-state index in [1.165, 1.54) is 29.8 Å². The highest BCUT2D eigenvalue weighted by Crippen LogP contribution is 2.40. The number of nitrogens with zero attached hydrogens (tertiary/aromatic N) is 5. The Labute approximate surface area is 256 Å². The Morgan fingerprint density at radius 2 is 1.84 bits per heavy atom. The van der Waals surface area contributed by atoms with Crippen molar-refractivity contribution >= 4 is 59.9 Å². The largest absolute Gasteiger partial charge is 0.439 e. The molecule has 0 atom stereocenters. The summed E-state index contributed by atoms with van der Waals surface area (Å²) in [7, 11) is -2.35. The van der Waals surface area contributed by atoms with Crippen molar-refractivity contribution in [1.82, 2.24) is 18.9 Å². The van der Waals surface area contributed by atoms with Crippen molar-refractivity contribution in [3.63, 3.8) is 0 Å². The number of anilines is 1. The molecule has 0 unspecified atom stereocenters. The third-order valence-corrected chi connectivity index (χ3v) is 9.24. The van der Waals surface area contributed by atoms with Crippen LogP contribution in [0, 0.1) is 12.7 Å². The van der Waals surface area contributed by atoms with E-state index in [2.05, 4.69) is 4.98 Å². The van der Waals surface area contributed by atoms with Crippen LogP contribution in [0.3, 0.4) is 0 Å². The predicted molar refractivity (Wildman–Crippen MR) is 171 cm³/mol. The summed E-state index contributed by atoms with van der Waals surface area (Å²) in [6.07, 6.45) is 4.37. The number of aryl methyl sites for hydroxylation is 1. The van der Waals surface area contributed by atoms with Gasteiger partial charge in [0.05, 0.1) is 39.8 Å². The number of hydrogen-bond acceptors (Lipinski definition) is 7. The Morgan fingerprint density at radius 3 is 2.58 bits per heavy atom. The van der Waals surface area contributed by atoms with Crippen LogP contribution < -0.4 is 9.86 Å². The van der Waals surface area contributed by atoms with E-state index >= 15 is 0 Å². The van der Waals surface area contributed by atoms with Gasteiger partial charge in [-0.25, -0.2) is 22.8 Å². The number of hydrogen-bond donors (Lipinski definition) is 0. The molecule has 0 amide bonds. The third-order valence-electron chi connectivity index (χ3n) is 8.05. The zero-order valence-corrected chi connectivity index (χ0v) is 25.5. The summed E-state index contributed by atoms with van der Waals surface area (Å²) in [5.41, 5.74) is 4.11. The van der Waals surface area contributed by atoms with E-state index in [0.29, 0.717) is 44.1 Å². The molecular weight excluding hydrogens is 597 g/mol. The lowest BCUT2D eigenvalue weighted by molar-refractivity contribution is 0.0989. The van der Waals surface area contributed by atoms with Crippen molar-refractivity contribution in [2.75, 3.05) is 17.6 Å². The molecule has 0 saturated carbocycles. The molecule has 0 bridgehead atoms. The SMILES string of the molecule is CCC(=O)c1c(-n2ccc(C)cc2=O)oc2cc(N(C)S(C)(=O)=O)c(-c3ccc4ncn5c6cccc(F)c6cc5c4n3)cc12. The van der Waals surface area contributed by atoms with Gasteiger partial charge in [0, 0.05) is 48.1 Å². The third kappa shape index (κ3) is 4.48. The van der Waals surface area contributed by atoms with Crippen molar-refractivity contribution < 1.29 is 22.0 Å². The van der Waals surface area contributed by atoms with E-state index in [1.807, 2.05) is 0 Å². The van der Waals surface area contributed by atoms with Crippen molar-refractivity contribution in [3.8, 4) is 17.1 Å². The number of pyridine rings is 2. The highest BCUT2D eigenvalue weighted by molar-refractivity contribution is 7.92. The second-order valence-corrected chi connectivity index (χ2v) is 13.0. The van der Waals surface area contributed by atoms with Crippen LogP contribution in [0.25, 0.3) is 55.6 Å². The molecule has 7 rings (SSSR count). The van der Waals surface area contributed by atoms with E-state index in [0.717, 1.165) is 16.1 Å². The maximum atomic E-state index is 14.7. The summed E-state index contributed by atoms with van der Waals surface area (Å²) in [5, 5.41) is 0.816. The van der Waals surface area contributed by atoms with Crippen molar-refractivity contribution in [2.24, 2.45) is 0 Å². The minimum Gasteiger partial charge on any atom is -0.439 e. The molecule has 45 heavy (non-hydrogen) atoms. The number of halogens is 1. The van der Waals surface area contributed by atoms with Crippen molar-refractivity contribution in [3.05, 3.63) is 100 Å². The van der Waals surface area contributed by atoms with Crippen LogP contribution in [0.1, 0.15) is 29.3 Å². The second kappa shape index (κ2) is 10.1. The van der Waals surface area contributed by atoms with Gasteiger partial charge in [-0.15, -0.1) is 0 Å². The van der Waals surface area contributed by atoms with Gasteiger partial charge in [0.1, 0.15) is 23.2 Å². The van der Waals surface area contributed by atoms with Crippen LogP contribution >= 0.6 is 0 Å². The Bertz CT molecular complexity index is 2550. The van der Waals surface area contributed by atoms with Crippen LogP contribution in [0.5, 0.6) is 0 Å². The summed E-state index contributed by atoms with van der Waals surface area (Å²) < 4.78 is 50.6. The molecule has 10 nitrogen and oxygen atoms in total. The first-order valence-corrected chi connectivity index (χ1v) is 15.9. The van der Waals surface area contributed by atoms with E-state index in [-0.39, 0.29) is 46.3 Å². The highest BCUT2D eigenvalue weighted by atomic mass is 32.2. The lowest BCUT2D eigenvalue weighted by Gasteiger charge is -2.20. The number of ketones is 1. The number of sulfonamides is 1. The molecule has 0 fully saturated rings. The lowest BCUT2D eigenvalue weighted by Crippen LogP contribution is -2.25. The molecule has 0 saturated heterocycles. The maximum Gasteiger partial charge on any atom is 0.257 e. The molecule has 0 aliphatic carbocycles. The molecule has 5 aromatic heterocycles. The van der Waals surface area contributed by atoms with Gasteiger partial charge in [-0.1, -0.05) is 13.0 Å². The molecule has 0 aliphatic rings. The Kier molecular flexibility index (Phi) is 6.37. The topological polar surface area (TPSA) is 120 Å². The fourth-order valence-electron chi connectivity index (χ4n) is 5.66. The van der Waals surface area contributed by atoms with Crippen LogP contribution in [0.2, 0.25) is 0 Å². The van der Waals surface area contributed by atoms with Gasteiger partial charge in [-0.2, -0.15) is 0 Å². The van der Waals surface area contributed by atoms with Crippen LogP contribution in [0.15, 0.2) is 82.4 Å². The number of benzene rings is 2. The smallest absolute Gasteiger partial charge is 0.257 e. The van der Waals surface area contributed by atoms with E-state index < -0.39 is 10.0 Å². The van der Waals surface area contributed by atoms with E-state index in [9.17, 15) is 22.4 Å². The summed E-state index contributed by atoms with van der Waals surface area (Å²) >= 11 is 0. The fourth-order valence-corrected chi connectivity index (χ4v) is 6.17. The Morgan fingerprint density at radius 1 is 1.04 bits per heavy atom. The van der Waals surface area contributed by atoms with Gasteiger partial charge in [-0.05, 0) is 55.0 Å². The monoisotopic (exact) mass is 623 g/mol. The zero-order chi connectivity index (χ0) is 31.8. The summed E-state index contributed by atoms with van der Waals surface area (Å²) in [4.78, 5) is 35.8. The number of carbonyl (C=O) groups is 1. The molecule has 0 N–H and O–H groups in total. The first-order valence-electron chi connectivity index (χ1n) is 14.1. The quantitative estimate of drug-likeness (QED) is 0.207. The zero-order valence-electron chi connectivity index (χ0n) is 24.7. The van der Waals surface area contributed by atoms with Crippen LogP contribution in [-0.2, 0) is 10.0 Å². The molecule has 0 aliphatic heterocycles. The minimum absolute atomic E-state index is 0.0474. The minimum atomic E-state index is -3.76. The second-order valence-electron chi connectivity index (χ2n) is 10.9. The highest BCUT2D eigenvalue weighted by Gasteiger charge is 2.27. The van der Waals surface area contributed by atoms with Gasteiger partial charge in [0.2, 0.25) is 15.9 Å². The molecule has 0 radical (unpaired) electrons. The van der Waals surface area contributed by atoms with Gasteiger partial charge in [0.25, 0.3) is 5.56 Å². The van der Waals surface area contributed by atoms with E-state index in [1.54, 1.807) is 73.2 Å². The number of fused-ring (bicyclic) bond motifs is 6. The number of Topliss-reactive ketones (excluding diaryl/α,β-unsaturated/α-hetero) is 1. The number of furan rings is 1.